The number of fused-ring (bicyclic) bond motifs is 1. The van der Waals surface area contributed by atoms with E-state index in [-0.39, 0.29) is 5.56 Å². The van der Waals surface area contributed by atoms with E-state index in [0.717, 1.165) is 22.2 Å². The Labute approximate surface area is 140 Å². The Kier molecular flexibility index (Phi) is 4.87. The minimum Gasteiger partial charge on any atom is -0.360 e. The van der Waals surface area contributed by atoms with Crippen LogP contribution in [0.5, 0.6) is 0 Å². The molecule has 1 aliphatic heterocycles. The van der Waals surface area contributed by atoms with Gasteiger partial charge in [0.1, 0.15) is 6.73 Å². The van der Waals surface area contributed by atoms with Gasteiger partial charge in [-0.25, -0.2) is 4.98 Å². The molecular weight excluding hydrogens is 308 g/mol. The first-order chi connectivity index (χ1) is 11.1. The van der Waals surface area contributed by atoms with Crippen LogP contribution < -0.4 is 5.56 Å². The van der Waals surface area contributed by atoms with Crippen molar-refractivity contribution in [1.82, 2.24) is 9.55 Å². The van der Waals surface area contributed by atoms with Gasteiger partial charge in [-0.15, -0.1) is 0 Å². The molecule has 0 unspecified atom stereocenters. The third-order valence-electron chi connectivity index (χ3n) is 4.00. The Morgan fingerprint density at radius 3 is 2.70 bits per heavy atom. The second-order valence-electron chi connectivity index (χ2n) is 5.96. The van der Waals surface area contributed by atoms with Gasteiger partial charge in [-0.3, -0.25) is 9.36 Å². The fourth-order valence-electron chi connectivity index (χ4n) is 3.05. The molecule has 122 valence electrons. The predicted molar refractivity (Wildman–Crippen MR) is 93.3 cm³/mol. The van der Waals surface area contributed by atoms with Crippen LogP contribution in [0.1, 0.15) is 34.9 Å². The smallest absolute Gasteiger partial charge is 0.259 e. The summed E-state index contributed by atoms with van der Waals surface area (Å²) in [6.07, 6.45) is 1.40. The lowest BCUT2D eigenvalue weighted by molar-refractivity contribution is 0.0834. The van der Waals surface area contributed by atoms with Crippen LogP contribution in [-0.2, 0) is 24.3 Å². The van der Waals surface area contributed by atoms with Crippen molar-refractivity contribution in [3.05, 3.63) is 56.5 Å². The number of ether oxygens (including phenoxy) is 1. The summed E-state index contributed by atoms with van der Waals surface area (Å²) < 4.78 is 7.16. The van der Waals surface area contributed by atoms with E-state index in [4.69, 9.17) is 9.72 Å². The van der Waals surface area contributed by atoms with Crippen molar-refractivity contribution in [3.63, 3.8) is 0 Å². The zero-order valence-corrected chi connectivity index (χ0v) is 14.7. The van der Waals surface area contributed by atoms with Crippen LogP contribution in [0.25, 0.3) is 0 Å². The van der Waals surface area contributed by atoms with E-state index < -0.39 is 0 Å². The molecule has 2 aromatic rings. The quantitative estimate of drug-likeness (QED) is 0.811. The second-order valence-corrected chi connectivity index (χ2v) is 7.03. The van der Waals surface area contributed by atoms with Crippen LogP contribution in [0.4, 0.5) is 0 Å². The molecule has 0 amide bonds. The van der Waals surface area contributed by atoms with Gasteiger partial charge < -0.3 is 4.74 Å². The van der Waals surface area contributed by atoms with Crippen LogP contribution in [0.3, 0.4) is 0 Å². The SMILES string of the molecule is CCc1c(Cc2cc(C)cc(C)c2)nc2n(c1=O)COCCS2. The van der Waals surface area contributed by atoms with Crippen molar-refractivity contribution in [2.24, 2.45) is 0 Å². The summed E-state index contributed by atoms with van der Waals surface area (Å²) in [5.74, 6) is 0.834. The first kappa shape index (κ1) is 16.3. The summed E-state index contributed by atoms with van der Waals surface area (Å²) in [4.78, 5) is 17.6. The van der Waals surface area contributed by atoms with Crippen molar-refractivity contribution in [3.8, 4) is 0 Å². The minimum atomic E-state index is 0.0475. The molecule has 0 saturated heterocycles. The molecule has 23 heavy (non-hydrogen) atoms. The molecule has 0 spiro atoms. The summed E-state index contributed by atoms with van der Waals surface area (Å²) in [6.45, 7) is 7.18. The lowest BCUT2D eigenvalue weighted by Gasteiger charge is -2.14. The van der Waals surface area contributed by atoms with Crippen molar-refractivity contribution in [2.75, 3.05) is 12.4 Å². The van der Waals surface area contributed by atoms with Gasteiger partial charge in [0.25, 0.3) is 5.56 Å². The molecule has 2 heterocycles. The number of aromatic nitrogens is 2. The number of thioether (sulfide) groups is 1. The third kappa shape index (κ3) is 3.51. The molecule has 5 heteroatoms. The van der Waals surface area contributed by atoms with Gasteiger partial charge in [-0.05, 0) is 25.8 Å². The zero-order valence-electron chi connectivity index (χ0n) is 13.9. The number of nitrogens with zero attached hydrogens (tertiary/aromatic N) is 2. The molecule has 0 fully saturated rings. The second kappa shape index (κ2) is 6.89. The summed E-state index contributed by atoms with van der Waals surface area (Å²) in [5.41, 5.74) is 5.46. The van der Waals surface area contributed by atoms with E-state index in [1.807, 2.05) is 6.92 Å². The molecule has 0 saturated carbocycles. The number of aryl methyl sites for hydroxylation is 2. The fourth-order valence-corrected chi connectivity index (χ4v) is 3.90. The summed E-state index contributed by atoms with van der Waals surface area (Å²) in [6, 6.07) is 6.51. The fraction of sp³-hybridized carbons (Fsp3) is 0.444. The molecule has 1 aliphatic rings. The molecule has 3 rings (SSSR count). The molecule has 1 aromatic carbocycles. The van der Waals surface area contributed by atoms with Gasteiger partial charge in [0.2, 0.25) is 0 Å². The van der Waals surface area contributed by atoms with Gasteiger partial charge in [0, 0.05) is 17.7 Å². The number of rotatable bonds is 3. The first-order valence-electron chi connectivity index (χ1n) is 7.98. The predicted octanol–water partition coefficient (Wildman–Crippen LogP) is 3.09. The molecule has 0 radical (unpaired) electrons. The minimum absolute atomic E-state index is 0.0475. The topological polar surface area (TPSA) is 44.1 Å². The number of benzene rings is 1. The molecule has 4 nitrogen and oxygen atoms in total. The number of hydrogen-bond acceptors (Lipinski definition) is 4. The largest absolute Gasteiger partial charge is 0.360 e. The molecular formula is C18H22N2O2S. The maximum Gasteiger partial charge on any atom is 0.259 e. The van der Waals surface area contributed by atoms with Crippen LogP contribution in [0.2, 0.25) is 0 Å². The molecule has 0 atom stereocenters. The van der Waals surface area contributed by atoms with E-state index in [0.29, 0.717) is 26.2 Å². The van der Waals surface area contributed by atoms with Crippen LogP contribution in [-0.4, -0.2) is 21.9 Å². The monoisotopic (exact) mass is 330 g/mol. The summed E-state index contributed by atoms with van der Waals surface area (Å²) in [7, 11) is 0. The Morgan fingerprint density at radius 2 is 2.00 bits per heavy atom. The Morgan fingerprint density at radius 1 is 1.26 bits per heavy atom. The lowest BCUT2D eigenvalue weighted by atomic mass is 10.0. The highest BCUT2D eigenvalue weighted by atomic mass is 32.2. The molecule has 0 bridgehead atoms. The van der Waals surface area contributed by atoms with Crippen molar-refractivity contribution < 1.29 is 4.74 Å². The van der Waals surface area contributed by atoms with Gasteiger partial charge >= 0.3 is 0 Å². The van der Waals surface area contributed by atoms with Gasteiger partial charge in [0.15, 0.2) is 5.16 Å². The van der Waals surface area contributed by atoms with Crippen molar-refractivity contribution >= 4 is 11.8 Å². The highest BCUT2D eigenvalue weighted by Gasteiger charge is 2.18. The van der Waals surface area contributed by atoms with Gasteiger partial charge in [-0.2, -0.15) is 0 Å². The van der Waals surface area contributed by atoms with Crippen LogP contribution in [0.15, 0.2) is 28.2 Å². The van der Waals surface area contributed by atoms with Crippen LogP contribution in [0, 0.1) is 13.8 Å². The number of hydrogen-bond donors (Lipinski definition) is 0. The Bertz CT molecular complexity index is 763. The van der Waals surface area contributed by atoms with E-state index in [1.54, 1.807) is 16.3 Å². The third-order valence-corrected chi connectivity index (χ3v) is 4.94. The first-order valence-corrected chi connectivity index (χ1v) is 8.97. The van der Waals surface area contributed by atoms with E-state index >= 15 is 0 Å². The highest BCUT2D eigenvalue weighted by Crippen LogP contribution is 2.21. The lowest BCUT2D eigenvalue weighted by Crippen LogP contribution is -2.28. The average Bonchev–Trinajstić information content (AvgIpc) is 2.72. The Hall–Kier alpha value is -1.59. The zero-order chi connectivity index (χ0) is 16.4. The maximum atomic E-state index is 12.8. The van der Waals surface area contributed by atoms with E-state index in [2.05, 4.69) is 32.0 Å². The van der Waals surface area contributed by atoms with Crippen LogP contribution >= 0.6 is 11.8 Å². The summed E-state index contributed by atoms with van der Waals surface area (Å²) >= 11 is 1.60. The Balaban J connectivity index is 2.06. The van der Waals surface area contributed by atoms with E-state index in [1.165, 1.54) is 16.7 Å². The standard InChI is InChI=1S/C18H22N2O2S/c1-4-15-16(10-14-8-12(2)7-13(3)9-14)19-18-20(17(15)21)11-22-5-6-23-18/h7-9H,4-6,10-11H2,1-3H3. The molecule has 1 aromatic heterocycles. The normalized spacial score (nSPS) is 14.4. The van der Waals surface area contributed by atoms with Gasteiger partial charge in [0.05, 0.1) is 12.3 Å². The van der Waals surface area contributed by atoms with Gasteiger partial charge in [-0.1, -0.05) is 48.0 Å². The molecule has 0 aliphatic carbocycles. The molecule has 0 N–H and O–H groups in total. The maximum absolute atomic E-state index is 12.8. The van der Waals surface area contributed by atoms with E-state index in [9.17, 15) is 4.79 Å². The summed E-state index contributed by atoms with van der Waals surface area (Å²) in [5, 5.41) is 0.782. The average molecular weight is 330 g/mol. The highest BCUT2D eigenvalue weighted by molar-refractivity contribution is 7.99. The van der Waals surface area contributed by atoms with Crippen molar-refractivity contribution in [1.29, 1.82) is 0 Å². The van der Waals surface area contributed by atoms with Crippen molar-refractivity contribution in [2.45, 2.75) is 45.5 Å².